The Bertz CT molecular complexity index is 659. The van der Waals surface area contributed by atoms with Gasteiger partial charge in [0.1, 0.15) is 11.6 Å². The molecule has 0 aromatic heterocycles. The molecule has 0 radical (unpaired) electrons. The van der Waals surface area contributed by atoms with Crippen LogP contribution in [0.25, 0.3) is 0 Å². The van der Waals surface area contributed by atoms with E-state index in [-0.39, 0.29) is 0 Å². The van der Waals surface area contributed by atoms with Crippen molar-refractivity contribution in [2.24, 2.45) is 0 Å². The van der Waals surface area contributed by atoms with E-state index in [1.165, 1.54) is 4.90 Å². The zero-order chi connectivity index (χ0) is 18.1. The van der Waals surface area contributed by atoms with Crippen LogP contribution >= 0.6 is 0 Å². The van der Waals surface area contributed by atoms with Crippen molar-refractivity contribution in [2.75, 3.05) is 11.9 Å². The number of nitrogens with zero attached hydrogens (tertiary/aromatic N) is 1. The molecule has 1 unspecified atom stereocenters. The lowest BCUT2D eigenvalue weighted by molar-refractivity contribution is -0.120. The van der Waals surface area contributed by atoms with Crippen LogP contribution in [-0.2, 0) is 9.53 Å². The summed E-state index contributed by atoms with van der Waals surface area (Å²) in [7, 11) is 0. The van der Waals surface area contributed by atoms with E-state index in [2.05, 4.69) is 5.32 Å². The zero-order valence-electron chi connectivity index (χ0n) is 13.7. The first-order valence-corrected chi connectivity index (χ1v) is 7.54. The summed E-state index contributed by atoms with van der Waals surface area (Å²) in [5, 5.41) is 2.20. The van der Waals surface area contributed by atoms with Crippen molar-refractivity contribution in [3.63, 3.8) is 0 Å². The number of carbonyl (C=O) groups excluding carboxylic acids is 2. The second-order valence-electron chi connectivity index (χ2n) is 6.54. The Labute approximate surface area is 137 Å². The molecular formula is C16H19F3N2O3. The Balaban J connectivity index is 2.11. The van der Waals surface area contributed by atoms with Gasteiger partial charge in [-0.05, 0) is 45.7 Å². The number of hydrogen-bond acceptors (Lipinski definition) is 3. The lowest BCUT2D eigenvalue weighted by Gasteiger charge is -2.28. The molecule has 24 heavy (non-hydrogen) atoms. The molecule has 1 aromatic carbocycles. The molecule has 0 saturated carbocycles. The van der Waals surface area contributed by atoms with Gasteiger partial charge in [-0.1, -0.05) is 0 Å². The third kappa shape index (κ3) is 3.98. The van der Waals surface area contributed by atoms with E-state index >= 15 is 0 Å². The fraction of sp³-hybridized carbons (Fsp3) is 0.500. The van der Waals surface area contributed by atoms with Crippen LogP contribution in [0.15, 0.2) is 12.1 Å². The fourth-order valence-electron chi connectivity index (χ4n) is 2.42. The van der Waals surface area contributed by atoms with Crippen molar-refractivity contribution < 1.29 is 27.5 Å². The molecule has 1 aliphatic rings. The van der Waals surface area contributed by atoms with Gasteiger partial charge in [0.15, 0.2) is 17.5 Å². The number of benzene rings is 1. The Morgan fingerprint density at radius 1 is 1.21 bits per heavy atom. The van der Waals surface area contributed by atoms with E-state index in [4.69, 9.17) is 4.74 Å². The fourth-order valence-corrected chi connectivity index (χ4v) is 2.42. The van der Waals surface area contributed by atoms with Crippen LogP contribution in [0.4, 0.5) is 23.7 Å². The third-order valence-corrected chi connectivity index (χ3v) is 3.48. The number of carbonyl (C=O) groups is 2. The predicted octanol–water partition coefficient (Wildman–Crippen LogP) is 3.44. The number of hydrogen-bond donors (Lipinski definition) is 1. The lowest BCUT2D eigenvalue weighted by atomic mass is 10.2. The maximum absolute atomic E-state index is 13.7. The van der Waals surface area contributed by atoms with Gasteiger partial charge in [0.2, 0.25) is 5.91 Å². The van der Waals surface area contributed by atoms with Crippen molar-refractivity contribution in [1.29, 1.82) is 0 Å². The monoisotopic (exact) mass is 344 g/mol. The van der Waals surface area contributed by atoms with Crippen LogP contribution in [0.2, 0.25) is 0 Å². The summed E-state index contributed by atoms with van der Waals surface area (Å²) in [6.07, 6.45) is 0.305. The Morgan fingerprint density at radius 2 is 1.88 bits per heavy atom. The van der Waals surface area contributed by atoms with Gasteiger partial charge in [0.25, 0.3) is 0 Å². The van der Waals surface area contributed by atoms with Crippen molar-refractivity contribution in [1.82, 2.24) is 4.90 Å². The minimum Gasteiger partial charge on any atom is -0.444 e. The number of rotatable bonds is 2. The summed E-state index contributed by atoms with van der Waals surface area (Å²) in [5.74, 6) is -5.17. The quantitative estimate of drug-likeness (QED) is 0.836. The maximum Gasteiger partial charge on any atom is 0.410 e. The van der Waals surface area contributed by atoms with Crippen molar-refractivity contribution >= 4 is 17.7 Å². The molecule has 5 nitrogen and oxygen atoms in total. The van der Waals surface area contributed by atoms with Crippen LogP contribution in [-0.4, -0.2) is 35.1 Å². The molecule has 0 aliphatic carbocycles. The first-order chi connectivity index (χ1) is 11.1. The molecule has 2 amide bonds. The third-order valence-electron chi connectivity index (χ3n) is 3.48. The Hall–Kier alpha value is -2.25. The highest BCUT2D eigenvalue weighted by atomic mass is 19.2. The van der Waals surface area contributed by atoms with Crippen LogP contribution in [0.5, 0.6) is 0 Å². The molecule has 0 spiro atoms. The molecule has 1 aliphatic heterocycles. The molecule has 2 rings (SSSR count). The smallest absolute Gasteiger partial charge is 0.410 e. The molecule has 1 atom stereocenters. The standard InChI is InChI=1S/C16H19F3N2O3/c1-16(2,3)24-15(23)21-8-4-5-11(21)14(22)20-10-7-6-9(17)12(18)13(10)19/h6-7,11H,4-5,8H2,1-3H3,(H,20,22). The van der Waals surface area contributed by atoms with Gasteiger partial charge < -0.3 is 10.1 Å². The average Bonchev–Trinajstić information content (AvgIpc) is 2.96. The van der Waals surface area contributed by atoms with Crippen LogP contribution in [0.1, 0.15) is 33.6 Å². The second kappa shape index (κ2) is 6.70. The van der Waals surface area contributed by atoms with Gasteiger partial charge >= 0.3 is 6.09 Å². The number of halogens is 3. The average molecular weight is 344 g/mol. The highest BCUT2D eigenvalue weighted by molar-refractivity contribution is 5.97. The summed E-state index contributed by atoms with van der Waals surface area (Å²) >= 11 is 0. The van der Waals surface area contributed by atoms with E-state index in [0.717, 1.165) is 6.07 Å². The van der Waals surface area contributed by atoms with Crippen molar-refractivity contribution in [3.05, 3.63) is 29.6 Å². The number of anilines is 1. The molecule has 132 valence electrons. The molecular weight excluding hydrogens is 325 g/mol. The van der Waals surface area contributed by atoms with Crippen LogP contribution in [0, 0.1) is 17.5 Å². The van der Waals surface area contributed by atoms with Gasteiger partial charge in [0.05, 0.1) is 5.69 Å². The van der Waals surface area contributed by atoms with E-state index in [0.29, 0.717) is 25.5 Å². The zero-order valence-corrected chi connectivity index (χ0v) is 13.7. The van der Waals surface area contributed by atoms with Gasteiger partial charge in [0, 0.05) is 6.54 Å². The lowest BCUT2D eigenvalue weighted by Crippen LogP contribution is -2.45. The number of ether oxygens (including phenoxy) is 1. The largest absolute Gasteiger partial charge is 0.444 e. The van der Waals surface area contributed by atoms with E-state index < -0.39 is 46.8 Å². The van der Waals surface area contributed by atoms with Gasteiger partial charge in [-0.3, -0.25) is 9.69 Å². The summed E-state index contributed by atoms with van der Waals surface area (Å²) in [4.78, 5) is 25.7. The van der Waals surface area contributed by atoms with Crippen LogP contribution < -0.4 is 5.32 Å². The number of likely N-dealkylation sites (tertiary alicyclic amines) is 1. The first-order valence-electron chi connectivity index (χ1n) is 7.54. The molecule has 0 bridgehead atoms. The molecule has 1 N–H and O–H groups in total. The molecule has 1 fully saturated rings. The van der Waals surface area contributed by atoms with Gasteiger partial charge in [-0.2, -0.15) is 0 Å². The van der Waals surface area contributed by atoms with Crippen LogP contribution in [0.3, 0.4) is 0 Å². The maximum atomic E-state index is 13.7. The normalized spacial score (nSPS) is 17.8. The minimum atomic E-state index is -1.66. The van der Waals surface area contributed by atoms with Gasteiger partial charge in [-0.25, -0.2) is 18.0 Å². The van der Waals surface area contributed by atoms with E-state index in [1.54, 1.807) is 20.8 Å². The SMILES string of the molecule is CC(C)(C)OC(=O)N1CCCC1C(=O)Nc1ccc(F)c(F)c1F. The molecule has 1 heterocycles. The summed E-state index contributed by atoms with van der Waals surface area (Å²) < 4.78 is 45.0. The topological polar surface area (TPSA) is 58.6 Å². The highest BCUT2D eigenvalue weighted by Gasteiger charge is 2.37. The first kappa shape index (κ1) is 18.1. The van der Waals surface area contributed by atoms with Crippen molar-refractivity contribution in [3.8, 4) is 0 Å². The molecule has 8 heteroatoms. The van der Waals surface area contributed by atoms with Gasteiger partial charge in [-0.15, -0.1) is 0 Å². The number of amides is 2. The van der Waals surface area contributed by atoms with Crippen molar-refractivity contribution in [2.45, 2.75) is 45.3 Å². The predicted molar refractivity (Wildman–Crippen MR) is 80.9 cm³/mol. The number of nitrogens with one attached hydrogen (secondary N) is 1. The highest BCUT2D eigenvalue weighted by Crippen LogP contribution is 2.24. The van der Waals surface area contributed by atoms with E-state index in [9.17, 15) is 22.8 Å². The Kier molecular flexibility index (Phi) is 5.05. The summed E-state index contributed by atoms with van der Waals surface area (Å²) in [6.45, 7) is 5.43. The molecule has 1 saturated heterocycles. The minimum absolute atomic E-state index is 0.327. The summed E-state index contributed by atoms with van der Waals surface area (Å²) in [6, 6.07) is 0.791. The second-order valence-corrected chi connectivity index (χ2v) is 6.54. The summed E-state index contributed by atoms with van der Waals surface area (Å²) in [5.41, 5.74) is -1.19. The van der Waals surface area contributed by atoms with E-state index in [1.807, 2.05) is 0 Å². The molecule has 1 aromatic rings. The Morgan fingerprint density at radius 3 is 2.50 bits per heavy atom.